The third kappa shape index (κ3) is 5.45. The number of hydrogen-bond donors (Lipinski definition) is 2. The van der Waals surface area contributed by atoms with E-state index in [0.717, 1.165) is 24.2 Å². The fraction of sp³-hybridized carbons (Fsp3) is 0.333. The van der Waals surface area contributed by atoms with Gasteiger partial charge in [-0.25, -0.2) is 4.98 Å². The van der Waals surface area contributed by atoms with Crippen LogP contribution in [-0.4, -0.2) is 17.4 Å². The fourth-order valence-electron chi connectivity index (χ4n) is 3.00. The van der Waals surface area contributed by atoms with E-state index in [1.165, 1.54) is 25.7 Å². The Hall–Kier alpha value is -2.62. The van der Waals surface area contributed by atoms with Gasteiger partial charge in [-0.2, -0.15) is 0 Å². The number of allylic oxidation sites excluding steroid dienone is 1. The molecule has 1 aliphatic rings. The predicted octanol–water partition coefficient (Wildman–Crippen LogP) is 4.31. The van der Waals surface area contributed by atoms with E-state index in [1.54, 1.807) is 17.8 Å². The number of nitrogens with zero attached hydrogens (tertiary/aromatic N) is 1. The molecule has 25 heavy (non-hydrogen) atoms. The minimum Gasteiger partial charge on any atom is -0.383 e. The highest BCUT2D eigenvalue weighted by molar-refractivity contribution is 5.92. The highest BCUT2D eigenvalue weighted by Gasteiger charge is 2.07. The summed E-state index contributed by atoms with van der Waals surface area (Å²) < 4.78 is 0. The van der Waals surface area contributed by atoms with Gasteiger partial charge in [0, 0.05) is 13.1 Å². The molecule has 0 spiro atoms. The molecule has 4 nitrogen and oxygen atoms in total. The summed E-state index contributed by atoms with van der Waals surface area (Å²) in [5.74, 6) is -0.150. The van der Waals surface area contributed by atoms with E-state index < -0.39 is 0 Å². The molecule has 0 unspecified atom stereocenters. The number of nitrogens with one attached hydrogen (secondary N) is 2. The van der Waals surface area contributed by atoms with Crippen LogP contribution in [0.5, 0.6) is 0 Å². The molecule has 0 atom stereocenters. The van der Waals surface area contributed by atoms with Crippen molar-refractivity contribution in [3.05, 3.63) is 71.6 Å². The average molecular weight is 335 g/mol. The summed E-state index contributed by atoms with van der Waals surface area (Å²) in [4.78, 5) is 16.4. The molecule has 1 heterocycles. The molecule has 1 aliphatic carbocycles. The number of hydrogen-bond acceptors (Lipinski definition) is 3. The Morgan fingerprint density at radius 1 is 1.08 bits per heavy atom. The number of amides is 1. The van der Waals surface area contributed by atoms with Crippen LogP contribution < -0.4 is 10.6 Å². The Labute approximate surface area is 149 Å². The largest absolute Gasteiger partial charge is 0.383 e. The maximum absolute atomic E-state index is 12.1. The molecule has 0 radical (unpaired) electrons. The Bertz CT molecular complexity index is 708. The molecule has 2 aromatic rings. The van der Waals surface area contributed by atoms with Crippen LogP contribution in [0.25, 0.3) is 0 Å². The maximum Gasteiger partial charge on any atom is 0.270 e. The summed E-state index contributed by atoms with van der Waals surface area (Å²) in [5, 5.41) is 6.27. The standard InChI is InChI=1S/C21H25N3O/c25-21(24-15-18-9-5-2-6-10-18)20-12-11-19(16-23-20)22-14-13-17-7-3-1-4-8-17/h2,5-7,9-12,16,22H,1,3-4,8,13-15H2,(H,24,25). The Balaban J connectivity index is 1.44. The molecule has 4 heteroatoms. The molecule has 0 aliphatic heterocycles. The van der Waals surface area contributed by atoms with Crippen molar-refractivity contribution in [1.29, 1.82) is 0 Å². The average Bonchev–Trinajstić information content (AvgIpc) is 2.68. The lowest BCUT2D eigenvalue weighted by atomic mass is 9.97. The lowest BCUT2D eigenvalue weighted by Crippen LogP contribution is -2.23. The van der Waals surface area contributed by atoms with E-state index in [-0.39, 0.29) is 5.91 Å². The summed E-state index contributed by atoms with van der Waals surface area (Å²) in [7, 11) is 0. The number of benzene rings is 1. The molecular weight excluding hydrogens is 310 g/mol. The SMILES string of the molecule is O=C(NCc1ccccc1)c1ccc(NCCC2=CCCCC2)cn1. The van der Waals surface area contributed by atoms with Crippen molar-refractivity contribution in [3.8, 4) is 0 Å². The number of aromatic nitrogens is 1. The van der Waals surface area contributed by atoms with Gasteiger partial charge in [-0.1, -0.05) is 42.0 Å². The van der Waals surface area contributed by atoms with Gasteiger partial charge in [-0.15, -0.1) is 0 Å². The maximum atomic E-state index is 12.1. The highest BCUT2D eigenvalue weighted by atomic mass is 16.1. The van der Waals surface area contributed by atoms with Crippen LogP contribution in [0.1, 0.15) is 48.2 Å². The van der Waals surface area contributed by atoms with Crippen molar-refractivity contribution in [2.75, 3.05) is 11.9 Å². The van der Waals surface area contributed by atoms with E-state index in [2.05, 4.69) is 21.7 Å². The number of anilines is 1. The second-order valence-electron chi connectivity index (χ2n) is 6.39. The van der Waals surface area contributed by atoms with E-state index in [9.17, 15) is 4.79 Å². The molecule has 0 bridgehead atoms. The lowest BCUT2D eigenvalue weighted by Gasteiger charge is -2.13. The van der Waals surface area contributed by atoms with E-state index in [0.29, 0.717) is 12.2 Å². The molecule has 3 rings (SSSR count). The fourth-order valence-corrected chi connectivity index (χ4v) is 3.00. The van der Waals surface area contributed by atoms with Gasteiger partial charge in [0.2, 0.25) is 0 Å². The van der Waals surface area contributed by atoms with Gasteiger partial charge in [0.25, 0.3) is 5.91 Å². The van der Waals surface area contributed by atoms with Crippen LogP contribution in [0, 0.1) is 0 Å². The van der Waals surface area contributed by atoms with Gasteiger partial charge < -0.3 is 10.6 Å². The molecular formula is C21H25N3O. The second-order valence-corrected chi connectivity index (χ2v) is 6.39. The van der Waals surface area contributed by atoms with Gasteiger partial charge in [-0.3, -0.25) is 4.79 Å². The molecule has 2 N–H and O–H groups in total. The number of carbonyl (C=O) groups is 1. The second kappa shape index (κ2) is 9.02. The first kappa shape index (κ1) is 17.2. The zero-order chi connectivity index (χ0) is 17.3. The van der Waals surface area contributed by atoms with Crippen molar-refractivity contribution < 1.29 is 4.79 Å². The first-order chi connectivity index (χ1) is 12.3. The smallest absolute Gasteiger partial charge is 0.270 e. The zero-order valence-electron chi connectivity index (χ0n) is 14.5. The zero-order valence-corrected chi connectivity index (χ0v) is 14.5. The van der Waals surface area contributed by atoms with Crippen LogP contribution >= 0.6 is 0 Å². The van der Waals surface area contributed by atoms with Gasteiger partial charge >= 0.3 is 0 Å². The highest BCUT2D eigenvalue weighted by Crippen LogP contribution is 2.20. The Kier molecular flexibility index (Phi) is 6.21. The Morgan fingerprint density at radius 2 is 1.96 bits per heavy atom. The lowest BCUT2D eigenvalue weighted by molar-refractivity contribution is 0.0946. The molecule has 1 amide bonds. The molecule has 1 aromatic heterocycles. The third-order valence-corrected chi connectivity index (χ3v) is 4.45. The molecule has 0 saturated heterocycles. The number of carbonyl (C=O) groups excluding carboxylic acids is 1. The summed E-state index contributed by atoms with van der Waals surface area (Å²) in [6.07, 6.45) is 10.3. The van der Waals surface area contributed by atoms with Crippen LogP contribution in [0.15, 0.2) is 60.3 Å². The van der Waals surface area contributed by atoms with Gasteiger partial charge in [0.05, 0.1) is 11.9 Å². The summed E-state index contributed by atoms with van der Waals surface area (Å²) >= 11 is 0. The normalized spacial score (nSPS) is 13.8. The minimum atomic E-state index is -0.150. The minimum absolute atomic E-state index is 0.150. The summed E-state index contributed by atoms with van der Waals surface area (Å²) in [6, 6.07) is 13.5. The monoisotopic (exact) mass is 335 g/mol. The van der Waals surface area contributed by atoms with Crippen molar-refractivity contribution in [3.63, 3.8) is 0 Å². The van der Waals surface area contributed by atoms with Crippen molar-refractivity contribution in [2.24, 2.45) is 0 Å². The first-order valence-electron chi connectivity index (χ1n) is 9.01. The van der Waals surface area contributed by atoms with Crippen LogP contribution in [0.3, 0.4) is 0 Å². The molecule has 0 saturated carbocycles. The van der Waals surface area contributed by atoms with E-state index in [1.807, 2.05) is 36.4 Å². The molecule has 0 fully saturated rings. The van der Waals surface area contributed by atoms with Gasteiger partial charge in [0.1, 0.15) is 5.69 Å². The van der Waals surface area contributed by atoms with Crippen LogP contribution in [-0.2, 0) is 6.54 Å². The molecule has 1 aromatic carbocycles. The van der Waals surface area contributed by atoms with Gasteiger partial charge in [0.15, 0.2) is 0 Å². The predicted molar refractivity (Wildman–Crippen MR) is 102 cm³/mol. The third-order valence-electron chi connectivity index (χ3n) is 4.45. The number of rotatable bonds is 7. The number of pyridine rings is 1. The summed E-state index contributed by atoms with van der Waals surface area (Å²) in [5.41, 5.74) is 4.03. The van der Waals surface area contributed by atoms with Crippen molar-refractivity contribution >= 4 is 11.6 Å². The van der Waals surface area contributed by atoms with E-state index >= 15 is 0 Å². The van der Waals surface area contributed by atoms with Gasteiger partial charge in [-0.05, 0) is 49.8 Å². The quantitative estimate of drug-likeness (QED) is 0.741. The summed E-state index contributed by atoms with van der Waals surface area (Å²) in [6.45, 7) is 1.42. The molecule has 130 valence electrons. The van der Waals surface area contributed by atoms with Crippen LogP contribution in [0.2, 0.25) is 0 Å². The first-order valence-corrected chi connectivity index (χ1v) is 9.01. The topological polar surface area (TPSA) is 54.0 Å². The van der Waals surface area contributed by atoms with Crippen molar-refractivity contribution in [1.82, 2.24) is 10.3 Å². The van der Waals surface area contributed by atoms with E-state index in [4.69, 9.17) is 0 Å². The van der Waals surface area contributed by atoms with Crippen LogP contribution in [0.4, 0.5) is 5.69 Å². The van der Waals surface area contributed by atoms with Crippen molar-refractivity contribution in [2.45, 2.75) is 38.6 Å². The Morgan fingerprint density at radius 3 is 2.68 bits per heavy atom.